The zero-order chi connectivity index (χ0) is 20.5. The third-order valence-corrected chi connectivity index (χ3v) is 3.73. The number of hydrogen-bond donors (Lipinski definition) is 1. The third-order valence-electron chi connectivity index (χ3n) is 3.48. The van der Waals surface area contributed by atoms with Gasteiger partial charge in [0.05, 0.1) is 5.39 Å². The highest BCUT2D eigenvalue weighted by Gasteiger charge is 2.40. The molecule has 0 aliphatic carbocycles. The van der Waals surface area contributed by atoms with Gasteiger partial charge in [-0.15, -0.1) is 0 Å². The Labute approximate surface area is 159 Å². The molecule has 0 atom stereocenters. The van der Waals surface area contributed by atoms with Gasteiger partial charge in [0.15, 0.2) is 6.61 Å². The van der Waals surface area contributed by atoms with Crippen LogP contribution in [0.2, 0.25) is 5.02 Å². The molecule has 2 aromatic carbocycles. The van der Waals surface area contributed by atoms with E-state index in [1.54, 1.807) is 0 Å². The van der Waals surface area contributed by atoms with E-state index in [2.05, 4.69) is 0 Å². The molecule has 6 nitrogen and oxygen atoms in total. The molecule has 0 saturated carbocycles. The van der Waals surface area contributed by atoms with E-state index in [9.17, 15) is 22.8 Å². The fourth-order valence-corrected chi connectivity index (χ4v) is 2.42. The van der Waals surface area contributed by atoms with Crippen LogP contribution in [0, 0.1) is 0 Å². The highest BCUT2D eigenvalue weighted by Crippen LogP contribution is 2.38. The molecule has 3 rings (SSSR count). The van der Waals surface area contributed by atoms with Gasteiger partial charge in [-0.25, -0.2) is 4.79 Å². The summed E-state index contributed by atoms with van der Waals surface area (Å²) in [4.78, 5) is 23.1. The number of ether oxygens (including phenoxy) is 2. The zero-order valence-corrected chi connectivity index (χ0v) is 14.5. The molecule has 0 saturated heterocycles. The van der Waals surface area contributed by atoms with Crippen molar-refractivity contribution in [1.82, 2.24) is 0 Å². The first-order chi connectivity index (χ1) is 13.1. The first kappa shape index (κ1) is 19.6. The Hall–Kier alpha value is -3.20. The maximum atomic E-state index is 13.4. The summed E-state index contributed by atoms with van der Waals surface area (Å²) in [7, 11) is 0. The van der Waals surface area contributed by atoms with Crippen molar-refractivity contribution in [1.29, 1.82) is 0 Å². The van der Waals surface area contributed by atoms with Crippen LogP contribution >= 0.6 is 11.6 Å². The SMILES string of the molecule is O=C(O)COc1ccc2c(=O)c(Oc3ccc(Cl)cc3)c(C(F)(F)F)oc2c1. The van der Waals surface area contributed by atoms with Gasteiger partial charge in [0.1, 0.15) is 17.1 Å². The second-order valence-electron chi connectivity index (χ2n) is 5.48. The monoisotopic (exact) mass is 414 g/mol. The molecular formula is C18H10ClF3O6. The smallest absolute Gasteiger partial charge is 0.453 e. The van der Waals surface area contributed by atoms with Gasteiger partial charge < -0.3 is 19.0 Å². The Morgan fingerprint density at radius 3 is 2.36 bits per heavy atom. The molecule has 28 heavy (non-hydrogen) atoms. The van der Waals surface area contributed by atoms with Gasteiger partial charge in [0.2, 0.25) is 11.2 Å². The minimum atomic E-state index is -5.02. The van der Waals surface area contributed by atoms with E-state index in [0.717, 1.165) is 12.1 Å². The maximum absolute atomic E-state index is 13.4. The van der Waals surface area contributed by atoms with Crippen LogP contribution in [0.4, 0.5) is 13.2 Å². The standard InChI is InChI=1S/C18H10ClF3O6/c19-9-1-3-10(4-2-9)27-16-15(25)12-6-5-11(26-8-14(23)24)7-13(12)28-17(16)18(20,21)22/h1-7H,8H2,(H,23,24). The fourth-order valence-electron chi connectivity index (χ4n) is 2.29. The summed E-state index contributed by atoms with van der Waals surface area (Å²) in [6, 6.07) is 8.78. The van der Waals surface area contributed by atoms with Crippen molar-refractivity contribution >= 4 is 28.5 Å². The number of hydrogen-bond acceptors (Lipinski definition) is 5. The number of alkyl halides is 3. The predicted molar refractivity (Wildman–Crippen MR) is 92.1 cm³/mol. The quantitative estimate of drug-likeness (QED) is 0.650. The number of halogens is 4. The molecule has 1 N–H and O–H groups in total. The summed E-state index contributed by atoms with van der Waals surface area (Å²) in [6.45, 7) is -0.709. The Kier molecular flexibility index (Phi) is 5.19. The zero-order valence-electron chi connectivity index (χ0n) is 13.7. The number of benzene rings is 2. The van der Waals surface area contributed by atoms with E-state index in [1.807, 2.05) is 0 Å². The van der Waals surface area contributed by atoms with Gasteiger partial charge in [-0.1, -0.05) is 11.6 Å². The third kappa shape index (κ3) is 4.20. The maximum Gasteiger partial charge on any atom is 0.453 e. The predicted octanol–water partition coefficient (Wildman–Crippen LogP) is 4.72. The number of carboxylic acids is 1. The molecule has 0 radical (unpaired) electrons. The molecule has 1 aromatic heterocycles. The van der Waals surface area contributed by atoms with Gasteiger partial charge in [-0.2, -0.15) is 13.2 Å². The van der Waals surface area contributed by atoms with Crippen molar-refractivity contribution in [2.75, 3.05) is 6.61 Å². The Morgan fingerprint density at radius 1 is 1.11 bits per heavy atom. The molecule has 0 fully saturated rings. The van der Waals surface area contributed by atoms with Gasteiger partial charge in [0.25, 0.3) is 5.76 Å². The topological polar surface area (TPSA) is 86.0 Å². The van der Waals surface area contributed by atoms with Crippen LogP contribution in [0.5, 0.6) is 17.2 Å². The molecule has 0 aliphatic rings. The lowest BCUT2D eigenvalue weighted by Gasteiger charge is -2.13. The Balaban J connectivity index is 2.12. The first-order valence-corrected chi connectivity index (χ1v) is 7.99. The van der Waals surface area contributed by atoms with Crippen molar-refractivity contribution in [2.24, 2.45) is 0 Å². The molecule has 0 amide bonds. The summed E-state index contributed by atoms with van der Waals surface area (Å²) in [5, 5.41) is 8.75. The largest absolute Gasteiger partial charge is 0.482 e. The molecule has 10 heteroatoms. The van der Waals surface area contributed by atoms with Crippen LogP contribution in [0.15, 0.2) is 51.7 Å². The van der Waals surface area contributed by atoms with Gasteiger partial charge in [0, 0.05) is 11.1 Å². The second-order valence-corrected chi connectivity index (χ2v) is 5.92. The molecule has 146 valence electrons. The molecule has 1 heterocycles. The highest BCUT2D eigenvalue weighted by molar-refractivity contribution is 6.30. The van der Waals surface area contributed by atoms with E-state index in [0.29, 0.717) is 5.02 Å². The van der Waals surface area contributed by atoms with Gasteiger partial charge >= 0.3 is 12.1 Å². The summed E-state index contributed by atoms with van der Waals surface area (Å²) in [6.07, 6.45) is -5.02. The normalized spacial score (nSPS) is 11.4. The van der Waals surface area contributed by atoms with Crippen molar-refractivity contribution in [3.05, 3.63) is 63.5 Å². The lowest BCUT2D eigenvalue weighted by atomic mass is 10.2. The van der Waals surface area contributed by atoms with Crippen LogP contribution in [0.1, 0.15) is 5.76 Å². The average Bonchev–Trinajstić information content (AvgIpc) is 2.62. The van der Waals surface area contributed by atoms with E-state index < -0.39 is 41.3 Å². The number of fused-ring (bicyclic) bond motifs is 1. The van der Waals surface area contributed by atoms with Crippen molar-refractivity contribution in [3.63, 3.8) is 0 Å². The number of rotatable bonds is 5. The van der Waals surface area contributed by atoms with E-state index in [4.69, 9.17) is 30.6 Å². The van der Waals surface area contributed by atoms with E-state index in [-0.39, 0.29) is 16.9 Å². The van der Waals surface area contributed by atoms with Crippen LogP contribution in [0.25, 0.3) is 11.0 Å². The summed E-state index contributed by atoms with van der Waals surface area (Å²) < 4.78 is 55.2. The Morgan fingerprint density at radius 2 is 1.75 bits per heavy atom. The average molecular weight is 415 g/mol. The van der Waals surface area contributed by atoms with Crippen LogP contribution in [-0.4, -0.2) is 17.7 Å². The number of aliphatic carboxylic acids is 1. The number of carboxylic acid groups (broad SMARTS) is 1. The summed E-state index contributed by atoms with van der Waals surface area (Å²) >= 11 is 5.72. The van der Waals surface area contributed by atoms with Crippen molar-refractivity contribution in [3.8, 4) is 17.2 Å². The van der Waals surface area contributed by atoms with Gasteiger partial charge in [-0.3, -0.25) is 4.79 Å². The van der Waals surface area contributed by atoms with Gasteiger partial charge in [-0.05, 0) is 36.4 Å². The minimum absolute atomic E-state index is 0.0389. The molecule has 3 aromatic rings. The molecule has 0 spiro atoms. The fraction of sp³-hybridized carbons (Fsp3) is 0.111. The molecule has 0 bridgehead atoms. The van der Waals surface area contributed by atoms with Crippen LogP contribution in [0.3, 0.4) is 0 Å². The second kappa shape index (κ2) is 7.43. The summed E-state index contributed by atoms with van der Waals surface area (Å²) in [5.41, 5.74) is -1.48. The highest BCUT2D eigenvalue weighted by atomic mass is 35.5. The van der Waals surface area contributed by atoms with Crippen molar-refractivity contribution < 1.29 is 37.0 Å². The molecule has 0 unspecified atom stereocenters. The van der Waals surface area contributed by atoms with Crippen LogP contribution in [-0.2, 0) is 11.0 Å². The molecular weight excluding hydrogens is 405 g/mol. The minimum Gasteiger partial charge on any atom is -0.482 e. The number of carbonyl (C=O) groups is 1. The molecule has 0 aliphatic heterocycles. The van der Waals surface area contributed by atoms with E-state index >= 15 is 0 Å². The Bertz CT molecular complexity index is 1090. The van der Waals surface area contributed by atoms with Crippen LogP contribution < -0.4 is 14.9 Å². The summed E-state index contributed by atoms with van der Waals surface area (Å²) in [5.74, 6) is -4.04. The lowest BCUT2D eigenvalue weighted by molar-refractivity contribution is -0.154. The van der Waals surface area contributed by atoms with Crippen molar-refractivity contribution in [2.45, 2.75) is 6.18 Å². The first-order valence-electron chi connectivity index (χ1n) is 7.61. The van der Waals surface area contributed by atoms with E-state index in [1.165, 1.54) is 30.3 Å². The lowest BCUT2D eigenvalue weighted by Crippen LogP contribution is -2.15.